The molecule has 1 aromatic carbocycles. The molecule has 0 unspecified atom stereocenters. The molecule has 8 heteroatoms. The molecular formula is C22H37IN4O3. The summed E-state index contributed by atoms with van der Waals surface area (Å²) in [5.74, 6) is 1.26. The van der Waals surface area contributed by atoms with Crippen molar-refractivity contribution < 1.29 is 14.3 Å². The molecule has 1 amide bonds. The van der Waals surface area contributed by atoms with Crippen molar-refractivity contribution in [3.8, 4) is 5.75 Å². The van der Waals surface area contributed by atoms with Crippen LogP contribution in [0.15, 0.2) is 23.2 Å². The lowest BCUT2D eigenvalue weighted by Gasteiger charge is -2.17. The second-order valence-corrected chi connectivity index (χ2v) is 7.32. The fourth-order valence-corrected chi connectivity index (χ4v) is 3.46. The van der Waals surface area contributed by atoms with E-state index in [-0.39, 0.29) is 29.9 Å². The van der Waals surface area contributed by atoms with Crippen molar-refractivity contribution in [2.24, 2.45) is 4.99 Å². The number of guanidine groups is 1. The van der Waals surface area contributed by atoms with Gasteiger partial charge in [0.1, 0.15) is 5.75 Å². The monoisotopic (exact) mass is 532 g/mol. The van der Waals surface area contributed by atoms with Crippen molar-refractivity contribution >= 4 is 41.5 Å². The minimum absolute atomic E-state index is 0. The second kappa shape index (κ2) is 15.3. The van der Waals surface area contributed by atoms with Crippen LogP contribution in [-0.2, 0) is 16.1 Å². The number of aliphatic imine (C=N–C) groups is 1. The first-order chi connectivity index (χ1) is 14.1. The number of rotatable bonds is 9. The van der Waals surface area contributed by atoms with E-state index < -0.39 is 0 Å². The Balaban J connectivity index is 0.00000450. The Bertz CT molecular complexity index is 662. The third-order valence-electron chi connectivity index (χ3n) is 4.89. The zero-order valence-electron chi connectivity index (χ0n) is 18.5. The summed E-state index contributed by atoms with van der Waals surface area (Å²) in [6.45, 7) is 6.22. The van der Waals surface area contributed by atoms with Crippen LogP contribution < -0.4 is 20.7 Å². The van der Waals surface area contributed by atoms with Gasteiger partial charge in [0, 0.05) is 20.0 Å². The number of nitrogens with zero attached hydrogens (tertiary/aromatic N) is 1. The molecule has 0 atom stereocenters. The van der Waals surface area contributed by atoms with Crippen molar-refractivity contribution in [2.45, 2.75) is 65.0 Å². The molecule has 0 saturated heterocycles. The molecule has 0 spiro atoms. The molecule has 0 bridgehead atoms. The zero-order chi connectivity index (χ0) is 20.9. The van der Waals surface area contributed by atoms with E-state index in [9.17, 15) is 4.79 Å². The summed E-state index contributed by atoms with van der Waals surface area (Å²) < 4.78 is 11.3. The number of nitrogens with one attached hydrogen (secondary N) is 3. The molecule has 0 aromatic heterocycles. The summed E-state index contributed by atoms with van der Waals surface area (Å²) in [4.78, 5) is 16.0. The molecule has 0 radical (unpaired) electrons. The highest BCUT2D eigenvalue weighted by Crippen LogP contribution is 2.25. The molecule has 2 rings (SSSR count). The number of carbonyl (C=O) groups excluding carboxylic acids is 1. The number of anilines is 1. The number of hydrogen-bond donors (Lipinski definition) is 3. The number of halogens is 1. The van der Waals surface area contributed by atoms with Gasteiger partial charge in [-0.2, -0.15) is 0 Å². The van der Waals surface area contributed by atoms with Crippen molar-refractivity contribution in [3.05, 3.63) is 23.8 Å². The highest BCUT2D eigenvalue weighted by atomic mass is 127. The molecule has 1 aromatic rings. The van der Waals surface area contributed by atoms with E-state index in [4.69, 9.17) is 9.47 Å². The van der Waals surface area contributed by atoms with Gasteiger partial charge in [-0.05, 0) is 37.5 Å². The smallest absolute Gasteiger partial charge is 0.221 e. The van der Waals surface area contributed by atoms with Crippen LogP contribution in [0.3, 0.4) is 0 Å². The number of ether oxygens (including phenoxy) is 2. The molecule has 0 aliphatic heterocycles. The quantitative estimate of drug-likeness (QED) is 0.147. The van der Waals surface area contributed by atoms with Crippen molar-refractivity contribution in [1.82, 2.24) is 10.6 Å². The normalized spacial score (nSPS) is 15.0. The second-order valence-electron chi connectivity index (χ2n) is 7.32. The highest BCUT2D eigenvalue weighted by molar-refractivity contribution is 14.0. The third-order valence-corrected chi connectivity index (χ3v) is 4.89. The van der Waals surface area contributed by atoms with Crippen LogP contribution in [0, 0.1) is 0 Å². The maximum Gasteiger partial charge on any atom is 0.221 e. The molecule has 7 nitrogen and oxygen atoms in total. The maximum atomic E-state index is 11.4. The van der Waals surface area contributed by atoms with Gasteiger partial charge in [-0.25, -0.2) is 4.99 Å². The number of methoxy groups -OCH3 is 1. The Morgan fingerprint density at radius 3 is 2.53 bits per heavy atom. The topological polar surface area (TPSA) is 84.0 Å². The van der Waals surface area contributed by atoms with Gasteiger partial charge >= 0.3 is 0 Å². The van der Waals surface area contributed by atoms with E-state index in [2.05, 4.69) is 20.9 Å². The van der Waals surface area contributed by atoms with Crippen LogP contribution in [0.2, 0.25) is 0 Å². The summed E-state index contributed by atoms with van der Waals surface area (Å²) >= 11 is 0. The van der Waals surface area contributed by atoms with Gasteiger partial charge in [-0.1, -0.05) is 31.7 Å². The Hall–Kier alpha value is -1.55. The van der Waals surface area contributed by atoms with Crippen LogP contribution >= 0.6 is 24.0 Å². The van der Waals surface area contributed by atoms with Gasteiger partial charge in [-0.3, -0.25) is 4.79 Å². The van der Waals surface area contributed by atoms with E-state index in [1.54, 1.807) is 7.11 Å². The van der Waals surface area contributed by atoms with E-state index in [1.807, 2.05) is 25.1 Å². The van der Waals surface area contributed by atoms with Gasteiger partial charge in [0.25, 0.3) is 0 Å². The lowest BCUT2D eigenvalue weighted by Crippen LogP contribution is -2.39. The molecule has 170 valence electrons. The molecule has 1 aliphatic carbocycles. The van der Waals surface area contributed by atoms with Crippen LogP contribution in [0.1, 0.15) is 57.9 Å². The van der Waals surface area contributed by atoms with Crippen molar-refractivity contribution in [1.29, 1.82) is 0 Å². The maximum absolute atomic E-state index is 11.4. The predicted molar refractivity (Wildman–Crippen MR) is 133 cm³/mol. The van der Waals surface area contributed by atoms with Gasteiger partial charge in [-0.15, -0.1) is 24.0 Å². The molecule has 1 fully saturated rings. The summed E-state index contributed by atoms with van der Waals surface area (Å²) in [7, 11) is 1.59. The van der Waals surface area contributed by atoms with Crippen molar-refractivity contribution in [2.75, 3.05) is 32.1 Å². The summed E-state index contributed by atoms with van der Waals surface area (Å²) in [6.07, 6.45) is 8.01. The molecule has 0 heterocycles. The standard InChI is InChI=1S/C22H36N4O3.HI/c1-4-23-22(24-13-14-29-19-9-7-5-6-8-10-19)25-16-18-11-12-21(28-3)20(15-18)26-17(2)27;/h11-12,15,19H,4-10,13-14,16H2,1-3H3,(H,26,27)(H2,23,24,25);1H. The zero-order valence-corrected chi connectivity index (χ0v) is 20.8. The first-order valence-corrected chi connectivity index (χ1v) is 10.7. The highest BCUT2D eigenvalue weighted by Gasteiger charge is 2.12. The van der Waals surface area contributed by atoms with Gasteiger partial charge in [0.2, 0.25) is 5.91 Å². The molecular weight excluding hydrogens is 495 g/mol. The fourth-order valence-electron chi connectivity index (χ4n) is 3.46. The Labute approximate surface area is 197 Å². The third kappa shape index (κ3) is 9.97. The average Bonchev–Trinajstić information content (AvgIpc) is 2.98. The number of benzene rings is 1. The summed E-state index contributed by atoms with van der Waals surface area (Å²) in [6, 6.07) is 5.69. The molecule has 30 heavy (non-hydrogen) atoms. The van der Waals surface area contributed by atoms with E-state index in [1.165, 1.54) is 45.4 Å². The summed E-state index contributed by atoms with van der Waals surface area (Å²) in [5, 5.41) is 9.39. The minimum atomic E-state index is -0.132. The largest absolute Gasteiger partial charge is 0.495 e. The minimum Gasteiger partial charge on any atom is -0.495 e. The van der Waals surface area contributed by atoms with Crippen LogP contribution in [-0.4, -0.2) is 44.8 Å². The van der Waals surface area contributed by atoms with Gasteiger partial charge in [0.15, 0.2) is 5.96 Å². The SMILES string of the molecule is CCNC(=NCc1ccc(OC)c(NC(C)=O)c1)NCCOC1CCCCCC1.I. The number of amides is 1. The number of hydrogen-bond acceptors (Lipinski definition) is 4. The summed E-state index contributed by atoms with van der Waals surface area (Å²) in [5.41, 5.74) is 1.64. The van der Waals surface area contributed by atoms with Crippen LogP contribution in [0.25, 0.3) is 0 Å². The Kier molecular flexibility index (Phi) is 13.5. The van der Waals surface area contributed by atoms with Gasteiger partial charge in [0.05, 0.1) is 32.1 Å². The predicted octanol–water partition coefficient (Wildman–Crippen LogP) is 4.07. The van der Waals surface area contributed by atoms with E-state index >= 15 is 0 Å². The van der Waals surface area contributed by atoms with Gasteiger partial charge < -0.3 is 25.4 Å². The first-order valence-electron chi connectivity index (χ1n) is 10.7. The Morgan fingerprint density at radius 2 is 1.90 bits per heavy atom. The lowest BCUT2D eigenvalue weighted by molar-refractivity contribution is -0.114. The first kappa shape index (κ1) is 26.5. The lowest BCUT2D eigenvalue weighted by atomic mass is 10.1. The van der Waals surface area contributed by atoms with Crippen molar-refractivity contribution in [3.63, 3.8) is 0 Å². The number of carbonyl (C=O) groups is 1. The fraction of sp³-hybridized carbons (Fsp3) is 0.636. The molecule has 1 aliphatic rings. The Morgan fingerprint density at radius 1 is 1.17 bits per heavy atom. The van der Waals surface area contributed by atoms with Crippen LogP contribution in [0.5, 0.6) is 5.75 Å². The molecule has 3 N–H and O–H groups in total. The molecule has 1 saturated carbocycles. The van der Waals surface area contributed by atoms with Crippen LogP contribution in [0.4, 0.5) is 5.69 Å². The average molecular weight is 532 g/mol. The van der Waals surface area contributed by atoms with E-state index in [0.29, 0.717) is 30.7 Å². The van der Waals surface area contributed by atoms with E-state index in [0.717, 1.165) is 24.6 Å².